The van der Waals surface area contributed by atoms with Crippen molar-refractivity contribution in [2.45, 2.75) is 40.5 Å². The molecule has 5 heteroatoms. The second-order valence-electron chi connectivity index (χ2n) is 4.29. The highest BCUT2D eigenvalue weighted by Gasteiger charge is 2.15. The van der Waals surface area contributed by atoms with E-state index >= 15 is 0 Å². The summed E-state index contributed by atoms with van der Waals surface area (Å²) in [6.07, 6.45) is 0. The first-order chi connectivity index (χ1) is 9.41. The van der Waals surface area contributed by atoms with Crippen molar-refractivity contribution < 1.29 is 18.3 Å². The molecule has 0 atom stereocenters. The van der Waals surface area contributed by atoms with E-state index in [2.05, 4.69) is 5.32 Å². The number of amides is 1. The zero-order valence-corrected chi connectivity index (χ0v) is 12.7. The van der Waals surface area contributed by atoms with Gasteiger partial charge in [-0.3, -0.25) is 4.79 Å². The topological polar surface area (TPSA) is 38.3 Å². The van der Waals surface area contributed by atoms with Crippen molar-refractivity contribution in [3.63, 3.8) is 0 Å². The largest absolute Gasteiger partial charge is 0.491 e. The fraction of sp³-hybridized carbons (Fsp3) is 0.533. The molecule has 0 radical (unpaired) electrons. The Bertz CT molecular complexity index is 434. The van der Waals surface area contributed by atoms with E-state index in [0.29, 0.717) is 12.1 Å². The summed E-state index contributed by atoms with van der Waals surface area (Å²) < 4.78 is 32.0. The lowest BCUT2D eigenvalue weighted by molar-refractivity contribution is -0.119. The summed E-state index contributed by atoms with van der Waals surface area (Å²) in [5.74, 6) is -1.38. The monoisotopic (exact) mass is 287 g/mol. The molecule has 0 aromatic heterocycles. The Morgan fingerprint density at radius 2 is 1.90 bits per heavy atom. The summed E-state index contributed by atoms with van der Waals surface area (Å²) in [5, 5.41) is 2.54. The Morgan fingerprint density at radius 1 is 1.30 bits per heavy atom. The van der Waals surface area contributed by atoms with Crippen LogP contribution in [0.25, 0.3) is 0 Å². The molecule has 0 aliphatic rings. The Hall–Kier alpha value is -1.65. The second-order valence-corrected chi connectivity index (χ2v) is 4.29. The third kappa shape index (κ3) is 5.99. The summed E-state index contributed by atoms with van der Waals surface area (Å²) in [6, 6.07) is 2.00. The first kappa shape index (κ1) is 18.4. The van der Waals surface area contributed by atoms with Crippen LogP contribution in [-0.2, 0) is 4.79 Å². The maximum Gasteiger partial charge on any atom is 0.216 e. The van der Waals surface area contributed by atoms with Crippen LogP contribution in [0.4, 0.5) is 8.78 Å². The predicted molar refractivity (Wildman–Crippen MR) is 76.0 cm³/mol. The normalized spacial score (nSPS) is 9.80. The molecule has 1 rings (SSSR count). The van der Waals surface area contributed by atoms with Crippen LogP contribution < -0.4 is 10.1 Å². The Balaban J connectivity index is 0.00000172. The summed E-state index contributed by atoms with van der Waals surface area (Å²) in [5.41, 5.74) is 0.347. The van der Waals surface area contributed by atoms with Crippen molar-refractivity contribution >= 4 is 5.91 Å². The highest BCUT2D eigenvalue weighted by atomic mass is 19.1. The summed E-state index contributed by atoms with van der Waals surface area (Å²) >= 11 is 0. The molecule has 0 saturated carbocycles. The van der Waals surface area contributed by atoms with Crippen LogP contribution in [0.3, 0.4) is 0 Å². The molecular formula is C15H23F2NO2. The number of ether oxygens (including phenoxy) is 1. The van der Waals surface area contributed by atoms with Gasteiger partial charge in [0.2, 0.25) is 5.91 Å². The molecule has 0 heterocycles. The van der Waals surface area contributed by atoms with Gasteiger partial charge in [0.05, 0.1) is 6.54 Å². The minimum atomic E-state index is -0.675. The molecule has 1 amide bonds. The Labute approximate surface area is 119 Å². The quantitative estimate of drug-likeness (QED) is 0.840. The van der Waals surface area contributed by atoms with E-state index in [9.17, 15) is 13.6 Å². The maximum atomic E-state index is 13.6. The molecule has 1 aromatic rings. The molecule has 1 N–H and O–H groups in total. The molecule has 1 aromatic carbocycles. The molecule has 114 valence electrons. The number of nitrogens with one attached hydrogen (secondary N) is 1. The van der Waals surface area contributed by atoms with E-state index in [1.165, 1.54) is 6.92 Å². The van der Waals surface area contributed by atoms with Crippen LogP contribution in [0, 0.1) is 11.6 Å². The van der Waals surface area contributed by atoms with Crippen LogP contribution in [0.1, 0.15) is 46.1 Å². The van der Waals surface area contributed by atoms with Crippen LogP contribution in [0.2, 0.25) is 0 Å². The van der Waals surface area contributed by atoms with Crippen molar-refractivity contribution in [2.75, 3.05) is 13.2 Å². The molecule has 0 unspecified atom stereocenters. The van der Waals surface area contributed by atoms with Gasteiger partial charge in [-0.25, -0.2) is 8.78 Å². The molecule has 20 heavy (non-hydrogen) atoms. The van der Waals surface area contributed by atoms with Gasteiger partial charge in [0.25, 0.3) is 0 Å². The Kier molecular flexibility index (Phi) is 8.52. The van der Waals surface area contributed by atoms with Gasteiger partial charge in [-0.15, -0.1) is 0 Å². The smallest absolute Gasteiger partial charge is 0.216 e. The van der Waals surface area contributed by atoms with Crippen LogP contribution in [0.15, 0.2) is 12.1 Å². The van der Waals surface area contributed by atoms with Gasteiger partial charge < -0.3 is 10.1 Å². The minimum Gasteiger partial charge on any atom is -0.491 e. The van der Waals surface area contributed by atoms with Crippen molar-refractivity contribution in [1.29, 1.82) is 0 Å². The predicted octanol–water partition coefficient (Wildman–Crippen LogP) is 3.63. The van der Waals surface area contributed by atoms with Crippen molar-refractivity contribution in [2.24, 2.45) is 0 Å². The van der Waals surface area contributed by atoms with Gasteiger partial charge >= 0.3 is 0 Å². The fourth-order valence-electron chi connectivity index (χ4n) is 1.63. The fourth-order valence-corrected chi connectivity index (χ4v) is 1.63. The second kappa shape index (κ2) is 9.28. The first-order valence-corrected chi connectivity index (χ1v) is 6.78. The standard InChI is InChI=1S/C13H17F2NO2.C2H6/c1-8(2)13-11(15)6-10(14)7-12(13)18-5-4-16-9(3)17;1-2/h6-8H,4-5H2,1-3H3,(H,16,17);1-2H3. The zero-order valence-electron chi connectivity index (χ0n) is 12.7. The van der Waals surface area contributed by atoms with E-state index in [-0.39, 0.29) is 24.2 Å². The van der Waals surface area contributed by atoms with E-state index in [1.54, 1.807) is 13.8 Å². The number of rotatable bonds is 5. The number of hydrogen-bond donors (Lipinski definition) is 1. The molecule has 3 nitrogen and oxygen atoms in total. The SMILES string of the molecule is CC.CC(=O)NCCOc1cc(F)cc(F)c1C(C)C. The maximum absolute atomic E-state index is 13.6. The number of carbonyl (C=O) groups is 1. The minimum absolute atomic E-state index is 0.110. The molecular weight excluding hydrogens is 264 g/mol. The van der Waals surface area contributed by atoms with E-state index in [4.69, 9.17) is 4.74 Å². The first-order valence-electron chi connectivity index (χ1n) is 6.78. The highest BCUT2D eigenvalue weighted by molar-refractivity contribution is 5.72. The average Bonchev–Trinajstić information content (AvgIpc) is 2.35. The lowest BCUT2D eigenvalue weighted by atomic mass is 10.0. The zero-order chi connectivity index (χ0) is 15.7. The number of benzene rings is 1. The summed E-state index contributed by atoms with van der Waals surface area (Å²) in [6.45, 7) is 9.46. The van der Waals surface area contributed by atoms with Gasteiger partial charge in [-0.2, -0.15) is 0 Å². The molecule has 0 aliphatic heterocycles. The third-order valence-electron chi connectivity index (χ3n) is 2.37. The number of hydrogen-bond acceptors (Lipinski definition) is 2. The van der Waals surface area contributed by atoms with E-state index < -0.39 is 11.6 Å². The average molecular weight is 287 g/mol. The molecule has 0 saturated heterocycles. The van der Waals surface area contributed by atoms with Crippen LogP contribution in [0.5, 0.6) is 5.75 Å². The molecule has 0 aliphatic carbocycles. The van der Waals surface area contributed by atoms with Gasteiger partial charge in [0.15, 0.2) is 0 Å². The summed E-state index contributed by atoms with van der Waals surface area (Å²) in [7, 11) is 0. The lowest BCUT2D eigenvalue weighted by Gasteiger charge is -2.15. The van der Waals surface area contributed by atoms with Gasteiger partial charge in [0, 0.05) is 24.6 Å². The molecule has 0 fully saturated rings. The van der Waals surface area contributed by atoms with Gasteiger partial charge in [-0.1, -0.05) is 27.7 Å². The van der Waals surface area contributed by atoms with Crippen molar-refractivity contribution in [1.82, 2.24) is 5.32 Å². The molecule has 0 bridgehead atoms. The Morgan fingerprint density at radius 3 is 2.40 bits per heavy atom. The highest BCUT2D eigenvalue weighted by Crippen LogP contribution is 2.30. The van der Waals surface area contributed by atoms with Crippen molar-refractivity contribution in [3.8, 4) is 5.75 Å². The van der Waals surface area contributed by atoms with E-state index in [0.717, 1.165) is 12.1 Å². The van der Waals surface area contributed by atoms with Crippen molar-refractivity contribution in [3.05, 3.63) is 29.3 Å². The number of carbonyl (C=O) groups excluding carboxylic acids is 1. The van der Waals surface area contributed by atoms with Gasteiger partial charge in [-0.05, 0) is 5.92 Å². The van der Waals surface area contributed by atoms with Gasteiger partial charge in [0.1, 0.15) is 24.0 Å². The van der Waals surface area contributed by atoms with E-state index in [1.807, 2.05) is 13.8 Å². The van der Waals surface area contributed by atoms with Crippen LogP contribution in [-0.4, -0.2) is 19.1 Å². The number of halogens is 2. The molecule has 0 spiro atoms. The summed E-state index contributed by atoms with van der Waals surface area (Å²) in [4.78, 5) is 10.7. The third-order valence-corrected chi connectivity index (χ3v) is 2.37. The lowest BCUT2D eigenvalue weighted by Crippen LogP contribution is -2.25. The van der Waals surface area contributed by atoms with Crippen LogP contribution >= 0.6 is 0 Å².